The highest BCUT2D eigenvalue weighted by molar-refractivity contribution is 5.90. The summed E-state index contributed by atoms with van der Waals surface area (Å²) >= 11 is 0. The first-order valence-corrected chi connectivity index (χ1v) is 10.2. The van der Waals surface area contributed by atoms with Crippen LogP contribution in [0.25, 0.3) is 0 Å². The van der Waals surface area contributed by atoms with E-state index in [1.807, 2.05) is 42.9 Å². The highest BCUT2D eigenvalue weighted by Crippen LogP contribution is 2.14. The van der Waals surface area contributed by atoms with Crippen LogP contribution in [0.15, 0.2) is 29.3 Å². The van der Waals surface area contributed by atoms with Gasteiger partial charge in [0.05, 0.1) is 5.69 Å². The summed E-state index contributed by atoms with van der Waals surface area (Å²) in [7, 11) is 3.74. The summed E-state index contributed by atoms with van der Waals surface area (Å²) in [4.78, 5) is 16.1. The Morgan fingerprint density at radius 3 is 2.69 bits per heavy atom. The Morgan fingerprint density at radius 2 is 2.07 bits per heavy atom. The lowest BCUT2D eigenvalue weighted by molar-refractivity contribution is -0.116. The first-order valence-electron chi connectivity index (χ1n) is 10.2. The Kier molecular flexibility index (Phi) is 8.24. The summed E-state index contributed by atoms with van der Waals surface area (Å²) in [6, 6.07) is 8.08. The summed E-state index contributed by atoms with van der Waals surface area (Å²) in [5, 5.41) is 14.2. The van der Waals surface area contributed by atoms with Gasteiger partial charge in [-0.3, -0.25) is 14.5 Å². The molecule has 1 unspecified atom stereocenters. The van der Waals surface area contributed by atoms with Crippen LogP contribution in [0.3, 0.4) is 0 Å². The first-order chi connectivity index (χ1) is 13.8. The van der Waals surface area contributed by atoms with Gasteiger partial charge in [-0.25, -0.2) is 0 Å². The van der Waals surface area contributed by atoms with E-state index >= 15 is 0 Å². The Morgan fingerprint density at radius 1 is 1.31 bits per heavy atom. The molecule has 158 valence electrons. The maximum atomic E-state index is 11.8. The van der Waals surface area contributed by atoms with Gasteiger partial charge >= 0.3 is 0 Å². The molecule has 2 aromatic rings. The van der Waals surface area contributed by atoms with Crippen LogP contribution in [0.5, 0.6) is 0 Å². The number of hydrogen-bond acceptors (Lipinski definition) is 3. The molecule has 1 heterocycles. The van der Waals surface area contributed by atoms with E-state index in [1.54, 1.807) is 7.05 Å². The molecule has 1 aromatic heterocycles. The first kappa shape index (κ1) is 22.5. The number of carbonyl (C=O) groups is 1. The van der Waals surface area contributed by atoms with E-state index in [9.17, 15) is 4.79 Å². The standard InChI is InChI=1S/C22H34N6O/c1-7-9-21(29)26-19-11-8-10-18(13-19)14-24-22(23-5)25-15(2)12-20-16(3)27-28(6)17(20)4/h8,10-11,13,15H,7,9,12,14H2,1-6H3,(H,26,29)(H2,23,24,25). The number of anilines is 1. The van der Waals surface area contributed by atoms with E-state index in [0.717, 1.165) is 35.7 Å². The molecule has 0 aliphatic carbocycles. The second-order valence-electron chi connectivity index (χ2n) is 7.45. The van der Waals surface area contributed by atoms with Crippen LogP contribution >= 0.6 is 0 Å². The number of rotatable bonds is 8. The van der Waals surface area contributed by atoms with Crippen LogP contribution < -0.4 is 16.0 Å². The van der Waals surface area contributed by atoms with Crippen molar-refractivity contribution in [1.82, 2.24) is 20.4 Å². The molecule has 29 heavy (non-hydrogen) atoms. The molecule has 3 N–H and O–H groups in total. The fraction of sp³-hybridized carbons (Fsp3) is 0.500. The average molecular weight is 399 g/mol. The Bertz CT molecular complexity index is 855. The molecule has 1 aromatic carbocycles. The van der Waals surface area contributed by atoms with E-state index in [0.29, 0.717) is 13.0 Å². The number of nitrogens with one attached hydrogen (secondary N) is 3. The van der Waals surface area contributed by atoms with E-state index in [2.05, 4.69) is 46.8 Å². The van der Waals surface area contributed by atoms with E-state index in [4.69, 9.17) is 0 Å². The van der Waals surface area contributed by atoms with Crippen LogP contribution in [0.2, 0.25) is 0 Å². The summed E-state index contributed by atoms with van der Waals surface area (Å²) in [6.45, 7) is 8.91. The van der Waals surface area contributed by atoms with Crippen molar-refractivity contribution in [3.8, 4) is 0 Å². The largest absolute Gasteiger partial charge is 0.354 e. The second kappa shape index (κ2) is 10.6. The quantitative estimate of drug-likeness (QED) is 0.471. The highest BCUT2D eigenvalue weighted by Gasteiger charge is 2.14. The predicted molar refractivity (Wildman–Crippen MR) is 119 cm³/mol. The predicted octanol–water partition coefficient (Wildman–Crippen LogP) is 3.07. The number of benzene rings is 1. The van der Waals surface area contributed by atoms with Crippen LogP contribution in [-0.4, -0.2) is 34.7 Å². The summed E-state index contributed by atoms with van der Waals surface area (Å²) in [5.41, 5.74) is 5.44. The van der Waals surface area contributed by atoms with Crippen molar-refractivity contribution in [1.29, 1.82) is 0 Å². The molecule has 0 bridgehead atoms. The third-order valence-corrected chi connectivity index (χ3v) is 4.92. The van der Waals surface area contributed by atoms with Gasteiger partial charge in [-0.15, -0.1) is 0 Å². The van der Waals surface area contributed by atoms with Crippen LogP contribution in [0.4, 0.5) is 5.69 Å². The minimum Gasteiger partial charge on any atom is -0.354 e. The normalized spacial score (nSPS) is 12.6. The van der Waals surface area contributed by atoms with Gasteiger partial charge in [-0.2, -0.15) is 5.10 Å². The van der Waals surface area contributed by atoms with Crippen molar-refractivity contribution in [2.24, 2.45) is 12.0 Å². The molecular formula is C22H34N6O. The van der Waals surface area contributed by atoms with Gasteiger partial charge in [-0.05, 0) is 56.9 Å². The number of nitrogens with zero attached hydrogens (tertiary/aromatic N) is 3. The Balaban J connectivity index is 1.91. The molecule has 1 amide bonds. The molecule has 0 fully saturated rings. The van der Waals surface area contributed by atoms with Gasteiger partial charge in [0.25, 0.3) is 0 Å². The Labute approximate surface area is 174 Å². The lowest BCUT2D eigenvalue weighted by Gasteiger charge is -2.18. The van der Waals surface area contributed by atoms with Gasteiger partial charge in [0.15, 0.2) is 5.96 Å². The zero-order valence-corrected chi connectivity index (χ0v) is 18.5. The molecule has 1 atom stereocenters. The highest BCUT2D eigenvalue weighted by atomic mass is 16.1. The van der Waals surface area contributed by atoms with Gasteiger partial charge in [0, 0.05) is 44.5 Å². The number of guanidine groups is 1. The van der Waals surface area contributed by atoms with Crippen molar-refractivity contribution >= 4 is 17.6 Å². The van der Waals surface area contributed by atoms with Gasteiger partial charge in [-0.1, -0.05) is 19.1 Å². The van der Waals surface area contributed by atoms with Gasteiger partial charge < -0.3 is 16.0 Å². The van der Waals surface area contributed by atoms with Crippen molar-refractivity contribution in [2.75, 3.05) is 12.4 Å². The van der Waals surface area contributed by atoms with Gasteiger partial charge in [0.1, 0.15) is 0 Å². The fourth-order valence-electron chi connectivity index (χ4n) is 3.29. The minimum atomic E-state index is 0.0462. The lowest BCUT2D eigenvalue weighted by atomic mass is 10.1. The van der Waals surface area contributed by atoms with Crippen molar-refractivity contribution < 1.29 is 4.79 Å². The van der Waals surface area contributed by atoms with Crippen LogP contribution in [0, 0.1) is 13.8 Å². The maximum absolute atomic E-state index is 11.8. The molecule has 0 radical (unpaired) electrons. The molecular weight excluding hydrogens is 364 g/mol. The van der Waals surface area contributed by atoms with Gasteiger partial charge in [0.2, 0.25) is 5.91 Å². The topological polar surface area (TPSA) is 83.3 Å². The zero-order chi connectivity index (χ0) is 21.4. The van der Waals surface area contributed by atoms with E-state index in [-0.39, 0.29) is 11.9 Å². The van der Waals surface area contributed by atoms with E-state index in [1.165, 1.54) is 11.3 Å². The van der Waals surface area contributed by atoms with Crippen LogP contribution in [-0.2, 0) is 24.8 Å². The molecule has 7 nitrogen and oxygen atoms in total. The number of carbonyl (C=O) groups excluding carboxylic acids is 1. The molecule has 0 aliphatic rings. The lowest BCUT2D eigenvalue weighted by Crippen LogP contribution is -2.42. The van der Waals surface area contributed by atoms with E-state index < -0.39 is 0 Å². The van der Waals surface area contributed by atoms with Crippen LogP contribution in [0.1, 0.15) is 49.2 Å². The SMILES string of the molecule is CCCC(=O)Nc1cccc(CNC(=NC)NC(C)Cc2c(C)nn(C)c2C)c1. The summed E-state index contributed by atoms with van der Waals surface area (Å²) in [6.07, 6.45) is 2.25. The molecule has 2 rings (SSSR count). The minimum absolute atomic E-state index is 0.0462. The number of amides is 1. The molecule has 0 aliphatic heterocycles. The third-order valence-electron chi connectivity index (χ3n) is 4.92. The number of aliphatic imine (C=N–C) groups is 1. The number of hydrogen-bond donors (Lipinski definition) is 3. The molecule has 0 saturated heterocycles. The number of aryl methyl sites for hydroxylation is 2. The fourth-order valence-corrected chi connectivity index (χ4v) is 3.29. The zero-order valence-electron chi connectivity index (χ0n) is 18.5. The number of aromatic nitrogens is 2. The Hall–Kier alpha value is -2.83. The molecule has 0 saturated carbocycles. The third kappa shape index (κ3) is 6.62. The summed E-state index contributed by atoms with van der Waals surface area (Å²) < 4.78 is 1.93. The molecule has 0 spiro atoms. The summed E-state index contributed by atoms with van der Waals surface area (Å²) in [5.74, 6) is 0.794. The second-order valence-corrected chi connectivity index (χ2v) is 7.45. The smallest absolute Gasteiger partial charge is 0.224 e. The molecule has 7 heteroatoms. The maximum Gasteiger partial charge on any atom is 0.224 e. The monoisotopic (exact) mass is 398 g/mol. The van der Waals surface area contributed by atoms with Crippen molar-refractivity contribution in [3.05, 3.63) is 46.8 Å². The van der Waals surface area contributed by atoms with Crippen molar-refractivity contribution in [2.45, 2.75) is 59.5 Å². The average Bonchev–Trinajstić information content (AvgIpc) is 2.91. The van der Waals surface area contributed by atoms with Crippen molar-refractivity contribution in [3.63, 3.8) is 0 Å².